The minimum absolute atomic E-state index is 0.160. The predicted octanol–water partition coefficient (Wildman–Crippen LogP) is -0.527. The van der Waals surface area contributed by atoms with E-state index in [0.29, 0.717) is 22.0 Å². The van der Waals surface area contributed by atoms with Crippen molar-refractivity contribution in [1.82, 2.24) is 29.5 Å². The SMILES string of the molecule is O=C(O)c1cc(CNc2nc(=NC3CC3)n3nc/c(=C\c4[nH]c(=O)[nH]c4O)c3n2)ccc1O. The van der Waals surface area contributed by atoms with Crippen LogP contribution >= 0.6 is 0 Å². The van der Waals surface area contributed by atoms with Crippen molar-refractivity contribution in [3.05, 3.63) is 62.5 Å². The van der Waals surface area contributed by atoms with Gasteiger partial charge in [0.2, 0.25) is 11.8 Å². The number of carboxylic acid groups (broad SMARTS) is 1. The van der Waals surface area contributed by atoms with Crippen LogP contribution in [0.25, 0.3) is 11.7 Å². The van der Waals surface area contributed by atoms with Crippen molar-refractivity contribution in [1.29, 1.82) is 0 Å². The van der Waals surface area contributed by atoms with E-state index in [0.717, 1.165) is 12.8 Å². The number of carboxylic acids is 1. The Morgan fingerprint density at radius 3 is 2.79 bits per heavy atom. The van der Waals surface area contributed by atoms with Crippen LogP contribution in [0.4, 0.5) is 5.95 Å². The molecule has 0 bridgehead atoms. The summed E-state index contributed by atoms with van der Waals surface area (Å²) in [5.41, 5.74) is 0.756. The monoisotopic (exact) mass is 450 g/mol. The van der Waals surface area contributed by atoms with Gasteiger partial charge in [-0.3, -0.25) is 4.98 Å². The Morgan fingerprint density at radius 1 is 1.27 bits per heavy atom. The summed E-state index contributed by atoms with van der Waals surface area (Å²) < 4.78 is 1.47. The Kier molecular flexibility index (Phi) is 4.77. The van der Waals surface area contributed by atoms with E-state index in [2.05, 4.69) is 35.3 Å². The number of anilines is 1. The van der Waals surface area contributed by atoms with Crippen molar-refractivity contribution in [3.63, 3.8) is 0 Å². The van der Waals surface area contributed by atoms with Crippen LogP contribution < -0.4 is 21.8 Å². The molecule has 0 spiro atoms. The molecule has 13 heteroatoms. The lowest BCUT2D eigenvalue weighted by Gasteiger charge is -2.07. The zero-order chi connectivity index (χ0) is 23.1. The van der Waals surface area contributed by atoms with Crippen molar-refractivity contribution < 1.29 is 20.1 Å². The van der Waals surface area contributed by atoms with Crippen LogP contribution in [0.15, 0.2) is 34.2 Å². The molecule has 0 amide bonds. The Bertz CT molecular complexity index is 1560. The number of nitrogens with one attached hydrogen (secondary N) is 3. The number of carbonyl (C=O) groups is 1. The molecule has 0 unspecified atom stereocenters. The number of H-pyrrole nitrogens is 2. The molecule has 1 saturated carbocycles. The Labute approximate surface area is 183 Å². The second-order valence-electron chi connectivity index (χ2n) is 7.54. The first-order chi connectivity index (χ1) is 15.9. The quantitative estimate of drug-likeness (QED) is 0.224. The highest BCUT2D eigenvalue weighted by molar-refractivity contribution is 5.90. The van der Waals surface area contributed by atoms with Gasteiger partial charge in [0.25, 0.3) is 5.62 Å². The fraction of sp³-hybridized carbons (Fsp3) is 0.200. The van der Waals surface area contributed by atoms with Gasteiger partial charge >= 0.3 is 11.7 Å². The lowest BCUT2D eigenvalue weighted by molar-refractivity contribution is 0.0693. The first-order valence-corrected chi connectivity index (χ1v) is 9.99. The number of aromatic carboxylic acids is 1. The van der Waals surface area contributed by atoms with Gasteiger partial charge in [-0.1, -0.05) is 6.07 Å². The summed E-state index contributed by atoms with van der Waals surface area (Å²) in [6.45, 7) is 0.193. The molecule has 168 valence electrons. The standard InChI is InChI=1S/C20H18N8O5/c29-14-4-1-9(5-12(14)17(31)32)7-21-18-25-15-10(6-13-16(30)26-20(33)24-13)8-22-28(15)19(27-18)23-11-2-3-11/h1,4-6,8,11,29-30H,2-3,7H2,(H,31,32)(H,21,23,27)(H2,24,26,33)/b10-6+. The maximum atomic E-state index is 11.4. The number of hydrogen-bond acceptors (Lipinski definition) is 9. The summed E-state index contributed by atoms with van der Waals surface area (Å²) in [4.78, 5) is 40.9. The third-order valence-corrected chi connectivity index (χ3v) is 5.00. The fourth-order valence-corrected chi connectivity index (χ4v) is 3.20. The molecule has 0 radical (unpaired) electrons. The third-order valence-electron chi connectivity index (χ3n) is 5.00. The summed E-state index contributed by atoms with van der Waals surface area (Å²) in [5, 5.41) is 36.6. The molecule has 13 nitrogen and oxygen atoms in total. The van der Waals surface area contributed by atoms with Gasteiger partial charge in [-0.15, -0.1) is 0 Å². The van der Waals surface area contributed by atoms with E-state index in [9.17, 15) is 24.9 Å². The number of fused-ring (bicyclic) bond motifs is 1. The number of nitrogens with zero attached hydrogens (tertiary/aromatic N) is 5. The highest BCUT2D eigenvalue weighted by Crippen LogP contribution is 2.22. The summed E-state index contributed by atoms with van der Waals surface area (Å²) in [6.07, 6.45) is 4.95. The number of imidazole rings is 1. The average molecular weight is 450 g/mol. The zero-order valence-electron chi connectivity index (χ0n) is 17.0. The van der Waals surface area contributed by atoms with Gasteiger partial charge in [-0.05, 0) is 36.6 Å². The number of phenols is 1. The van der Waals surface area contributed by atoms with E-state index < -0.39 is 11.7 Å². The van der Waals surface area contributed by atoms with E-state index in [1.807, 2.05) is 0 Å². The Balaban J connectivity index is 1.55. The summed E-state index contributed by atoms with van der Waals surface area (Å²) >= 11 is 0. The number of aromatic nitrogens is 6. The van der Waals surface area contributed by atoms with Crippen LogP contribution in [0.2, 0.25) is 0 Å². The van der Waals surface area contributed by atoms with Crippen molar-refractivity contribution in [2.45, 2.75) is 25.4 Å². The molecule has 0 atom stereocenters. The molecule has 6 N–H and O–H groups in total. The second kappa shape index (κ2) is 7.78. The second-order valence-corrected chi connectivity index (χ2v) is 7.54. The van der Waals surface area contributed by atoms with E-state index in [-0.39, 0.29) is 41.4 Å². The van der Waals surface area contributed by atoms with Crippen molar-refractivity contribution in [2.24, 2.45) is 4.99 Å². The van der Waals surface area contributed by atoms with Gasteiger partial charge in [-0.25, -0.2) is 14.6 Å². The molecule has 1 aliphatic rings. The molecule has 5 rings (SSSR count). The molecule has 3 aromatic heterocycles. The van der Waals surface area contributed by atoms with Crippen LogP contribution in [-0.2, 0) is 6.54 Å². The minimum atomic E-state index is -1.23. The smallest absolute Gasteiger partial charge is 0.339 e. The Morgan fingerprint density at radius 2 is 2.09 bits per heavy atom. The van der Waals surface area contributed by atoms with Crippen molar-refractivity contribution >= 4 is 23.6 Å². The van der Waals surface area contributed by atoms with E-state index >= 15 is 0 Å². The van der Waals surface area contributed by atoms with Crippen LogP contribution in [0, 0.1) is 0 Å². The molecule has 1 aromatic carbocycles. The van der Waals surface area contributed by atoms with Gasteiger partial charge in [-0.2, -0.15) is 19.6 Å². The molecule has 1 aliphatic carbocycles. The normalized spacial score (nSPS) is 14.8. The summed E-state index contributed by atoms with van der Waals surface area (Å²) in [5.74, 6) is -1.63. The largest absolute Gasteiger partial charge is 0.507 e. The van der Waals surface area contributed by atoms with Crippen LogP contribution in [0.3, 0.4) is 0 Å². The van der Waals surface area contributed by atoms with Crippen LogP contribution in [-0.4, -0.2) is 56.9 Å². The molecular formula is C20H18N8O5. The maximum Gasteiger partial charge on any atom is 0.339 e. The van der Waals surface area contributed by atoms with Gasteiger partial charge in [0.1, 0.15) is 17.0 Å². The fourth-order valence-electron chi connectivity index (χ4n) is 3.20. The van der Waals surface area contributed by atoms with Gasteiger partial charge in [0, 0.05) is 11.8 Å². The highest BCUT2D eigenvalue weighted by Gasteiger charge is 2.21. The molecule has 33 heavy (non-hydrogen) atoms. The lowest BCUT2D eigenvalue weighted by atomic mass is 10.1. The third kappa shape index (κ3) is 4.11. The van der Waals surface area contributed by atoms with Crippen LogP contribution in [0.1, 0.15) is 34.5 Å². The molecule has 1 fully saturated rings. The zero-order valence-corrected chi connectivity index (χ0v) is 17.0. The molecule has 3 heterocycles. The summed E-state index contributed by atoms with van der Waals surface area (Å²) in [7, 11) is 0. The molecular weight excluding hydrogens is 432 g/mol. The first kappa shape index (κ1) is 20.2. The lowest BCUT2D eigenvalue weighted by Crippen LogP contribution is -2.24. The van der Waals surface area contributed by atoms with E-state index in [4.69, 9.17) is 0 Å². The number of benzene rings is 1. The topological polar surface area (TPSA) is 194 Å². The van der Waals surface area contributed by atoms with E-state index in [1.165, 1.54) is 28.9 Å². The highest BCUT2D eigenvalue weighted by atomic mass is 16.4. The van der Waals surface area contributed by atoms with Crippen LogP contribution in [0.5, 0.6) is 11.6 Å². The van der Waals surface area contributed by atoms with Gasteiger partial charge in [0.05, 0.1) is 12.2 Å². The first-order valence-electron chi connectivity index (χ1n) is 9.99. The summed E-state index contributed by atoms with van der Waals surface area (Å²) in [6, 6.07) is 4.42. The predicted molar refractivity (Wildman–Crippen MR) is 114 cm³/mol. The maximum absolute atomic E-state index is 11.4. The molecule has 0 saturated heterocycles. The van der Waals surface area contributed by atoms with Gasteiger partial charge in [0.15, 0.2) is 5.65 Å². The van der Waals surface area contributed by atoms with Crippen molar-refractivity contribution in [3.8, 4) is 11.6 Å². The van der Waals surface area contributed by atoms with Gasteiger partial charge < -0.3 is 25.6 Å². The number of hydrogen-bond donors (Lipinski definition) is 6. The molecule has 0 aliphatic heterocycles. The minimum Gasteiger partial charge on any atom is -0.507 e. The number of rotatable bonds is 6. The van der Waals surface area contributed by atoms with Crippen molar-refractivity contribution in [2.75, 3.05) is 5.32 Å². The molecule has 4 aromatic rings. The Hall–Kier alpha value is -4.68. The number of aromatic amines is 2. The average Bonchev–Trinajstić information content (AvgIpc) is 3.41. The number of aromatic hydroxyl groups is 2. The van der Waals surface area contributed by atoms with E-state index in [1.54, 1.807) is 6.07 Å².